The summed E-state index contributed by atoms with van der Waals surface area (Å²) in [5, 5.41) is 9.01. The molecule has 30 heavy (non-hydrogen) atoms. The number of halogens is 1. The van der Waals surface area contributed by atoms with Crippen molar-refractivity contribution in [2.45, 2.75) is 32.7 Å². The van der Waals surface area contributed by atoms with Crippen LogP contribution >= 0.6 is 35.3 Å². The summed E-state index contributed by atoms with van der Waals surface area (Å²) >= 11 is 1.86. The highest BCUT2D eigenvalue weighted by Crippen LogP contribution is 2.21. The van der Waals surface area contributed by atoms with E-state index in [2.05, 4.69) is 52.1 Å². The van der Waals surface area contributed by atoms with Crippen LogP contribution in [0, 0.1) is 5.92 Å². The number of piperidine rings is 1. The highest BCUT2D eigenvalue weighted by Gasteiger charge is 2.19. The summed E-state index contributed by atoms with van der Waals surface area (Å²) in [6, 6.07) is 12.6. The number of thiophene rings is 1. The van der Waals surface area contributed by atoms with Crippen LogP contribution in [0.15, 0.2) is 46.8 Å². The van der Waals surface area contributed by atoms with E-state index in [0.717, 1.165) is 44.3 Å². The number of nitrogens with zero attached hydrogens (tertiary/aromatic N) is 2. The maximum absolute atomic E-state index is 5.44. The zero-order valence-electron chi connectivity index (χ0n) is 18.1. The highest BCUT2D eigenvalue weighted by molar-refractivity contribution is 14.0. The number of guanidine groups is 1. The van der Waals surface area contributed by atoms with Gasteiger partial charge in [0.1, 0.15) is 5.75 Å². The van der Waals surface area contributed by atoms with Crippen molar-refractivity contribution < 1.29 is 4.74 Å². The second kappa shape index (κ2) is 13.9. The minimum absolute atomic E-state index is 0. The van der Waals surface area contributed by atoms with Gasteiger partial charge in [-0.15, -0.1) is 35.3 Å². The van der Waals surface area contributed by atoms with Crippen molar-refractivity contribution in [2.75, 3.05) is 39.8 Å². The number of nitrogens with one attached hydrogen (secondary N) is 2. The number of benzene rings is 1. The first-order valence-corrected chi connectivity index (χ1v) is 11.5. The van der Waals surface area contributed by atoms with Gasteiger partial charge in [0.05, 0.1) is 7.11 Å². The molecule has 0 atom stereocenters. The van der Waals surface area contributed by atoms with Crippen LogP contribution in [0.2, 0.25) is 0 Å². The molecule has 7 heteroatoms. The summed E-state index contributed by atoms with van der Waals surface area (Å²) in [7, 11) is 1.73. The number of likely N-dealkylation sites (tertiary alicyclic amines) is 1. The van der Waals surface area contributed by atoms with Crippen molar-refractivity contribution in [1.29, 1.82) is 0 Å². The van der Waals surface area contributed by atoms with Gasteiger partial charge in [-0.25, -0.2) is 0 Å². The Kier molecular flexibility index (Phi) is 11.5. The number of hydrogen-bond acceptors (Lipinski definition) is 4. The Labute approximate surface area is 202 Å². The summed E-state index contributed by atoms with van der Waals surface area (Å²) in [5.41, 5.74) is 1.22. The molecule has 1 aromatic carbocycles. The number of ether oxygens (including phenoxy) is 1. The Bertz CT molecular complexity index is 745. The van der Waals surface area contributed by atoms with E-state index in [9.17, 15) is 0 Å². The van der Waals surface area contributed by atoms with E-state index in [0.29, 0.717) is 5.92 Å². The smallest absolute Gasteiger partial charge is 0.191 e. The van der Waals surface area contributed by atoms with Crippen LogP contribution in [0.5, 0.6) is 5.75 Å². The molecule has 0 saturated carbocycles. The van der Waals surface area contributed by atoms with E-state index in [1.54, 1.807) is 7.11 Å². The first-order valence-electron chi connectivity index (χ1n) is 10.7. The summed E-state index contributed by atoms with van der Waals surface area (Å²) in [6.45, 7) is 8.18. The molecule has 5 nitrogen and oxygen atoms in total. The number of methoxy groups -OCH3 is 1. The molecule has 2 N–H and O–H groups in total. The van der Waals surface area contributed by atoms with Gasteiger partial charge in [-0.05, 0) is 68.3 Å². The van der Waals surface area contributed by atoms with Gasteiger partial charge in [0, 0.05) is 31.1 Å². The van der Waals surface area contributed by atoms with E-state index >= 15 is 0 Å². The van der Waals surface area contributed by atoms with Crippen molar-refractivity contribution in [3.8, 4) is 5.75 Å². The Morgan fingerprint density at radius 3 is 2.67 bits per heavy atom. The topological polar surface area (TPSA) is 48.9 Å². The zero-order valence-corrected chi connectivity index (χ0v) is 21.2. The first-order chi connectivity index (χ1) is 14.3. The lowest BCUT2D eigenvalue weighted by Gasteiger charge is -2.31. The fraction of sp³-hybridized carbons (Fsp3) is 0.522. The minimum atomic E-state index is 0. The monoisotopic (exact) mass is 542 g/mol. The van der Waals surface area contributed by atoms with E-state index < -0.39 is 0 Å². The van der Waals surface area contributed by atoms with Crippen LogP contribution in [0.25, 0.3) is 0 Å². The van der Waals surface area contributed by atoms with Gasteiger partial charge in [-0.3, -0.25) is 9.89 Å². The summed E-state index contributed by atoms with van der Waals surface area (Å²) in [5.74, 6) is 2.55. The van der Waals surface area contributed by atoms with Gasteiger partial charge in [0.2, 0.25) is 0 Å². The molecule has 0 bridgehead atoms. The number of aliphatic imine (C=N–C) groups is 1. The molecule has 1 aliphatic heterocycles. The van der Waals surface area contributed by atoms with E-state index in [4.69, 9.17) is 9.73 Å². The van der Waals surface area contributed by atoms with Crippen LogP contribution < -0.4 is 15.4 Å². The third-order valence-corrected chi connectivity index (χ3v) is 6.26. The molecule has 1 aliphatic rings. The third kappa shape index (κ3) is 8.07. The van der Waals surface area contributed by atoms with Crippen LogP contribution in [-0.4, -0.2) is 50.7 Å². The number of para-hydroxylation sites is 1. The van der Waals surface area contributed by atoms with Gasteiger partial charge in [0.15, 0.2) is 5.96 Å². The van der Waals surface area contributed by atoms with Gasteiger partial charge >= 0.3 is 0 Å². The summed E-state index contributed by atoms with van der Waals surface area (Å²) in [4.78, 5) is 8.90. The molecule has 2 aromatic rings. The standard InChI is InChI=1S/C23H34N4OS.HI/c1-3-24-23(25-13-10-20-7-4-5-9-22(20)28-2)26-17-19-11-14-27(15-12-19)18-21-8-6-16-29-21;/h4-9,16,19H,3,10-15,17-18H2,1-2H3,(H2,24,25,26);1H. The predicted octanol–water partition coefficient (Wildman–Crippen LogP) is 4.38. The second-order valence-electron chi connectivity index (χ2n) is 7.51. The molecule has 0 spiro atoms. The van der Waals surface area contributed by atoms with Crippen molar-refractivity contribution >= 4 is 41.3 Å². The van der Waals surface area contributed by atoms with E-state index in [1.165, 1.54) is 36.4 Å². The maximum atomic E-state index is 5.44. The Morgan fingerprint density at radius 1 is 1.17 bits per heavy atom. The quantitative estimate of drug-likeness (QED) is 0.281. The summed E-state index contributed by atoms with van der Waals surface area (Å²) < 4.78 is 5.44. The zero-order chi connectivity index (χ0) is 20.3. The van der Waals surface area contributed by atoms with Gasteiger partial charge in [0.25, 0.3) is 0 Å². The molecule has 3 rings (SSSR count). The van der Waals surface area contributed by atoms with Crippen molar-refractivity contribution in [1.82, 2.24) is 15.5 Å². The Balaban J connectivity index is 0.00000320. The van der Waals surface area contributed by atoms with Crippen LogP contribution in [-0.2, 0) is 13.0 Å². The van der Waals surface area contributed by atoms with Gasteiger partial charge in [-0.2, -0.15) is 0 Å². The number of hydrogen-bond donors (Lipinski definition) is 2. The maximum Gasteiger partial charge on any atom is 0.191 e. The van der Waals surface area contributed by atoms with Crippen molar-refractivity contribution in [3.05, 3.63) is 52.2 Å². The van der Waals surface area contributed by atoms with E-state index in [1.807, 2.05) is 23.5 Å². The molecular formula is C23H35IN4OS. The molecule has 0 amide bonds. The lowest BCUT2D eigenvalue weighted by molar-refractivity contribution is 0.182. The minimum Gasteiger partial charge on any atom is -0.496 e. The molecule has 0 aliphatic carbocycles. The fourth-order valence-corrected chi connectivity index (χ4v) is 4.48. The molecule has 2 heterocycles. The van der Waals surface area contributed by atoms with Gasteiger partial charge in [-0.1, -0.05) is 24.3 Å². The largest absolute Gasteiger partial charge is 0.496 e. The van der Waals surface area contributed by atoms with Crippen molar-refractivity contribution in [3.63, 3.8) is 0 Å². The normalized spacial score (nSPS) is 15.5. The molecule has 166 valence electrons. The Morgan fingerprint density at radius 2 is 1.97 bits per heavy atom. The molecule has 0 unspecified atom stereocenters. The third-order valence-electron chi connectivity index (χ3n) is 5.40. The molecular weight excluding hydrogens is 507 g/mol. The van der Waals surface area contributed by atoms with Crippen LogP contribution in [0.4, 0.5) is 0 Å². The Hall–Kier alpha value is -1.32. The lowest BCUT2D eigenvalue weighted by Crippen LogP contribution is -2.39. The van der Waals surface area contributed by atoms with Crippen LogP contribution in [0.1, 0.15) is 30.2 Å². The first kappa shape index (κ1) is 24.9. The lowest BCUT2D eigenvalue weighted by atomic mass is 9.97. The highest BCUT2D eigenvalue weighted by atomic mass is 127. The van der Waals surface area contributed by atoms with Gasteiger partial charge < -0.3 is 15.4 Å². The predicted molar refractivity (Wildman–Crippen MR) is 138 cm³/mol. The van der Waals surface area contributed by atoms with Crippen LogP contribution in [0.3, 0.4) is 0 Å². The number of rotatable bonds is 9. The second-order valence-corrected chi connectivity index (χ2v) is 8.54. The van der Waals surface area contributed by atoms with Crippen molar-refractivity contribution in [2.24, 2.45) is 10.9 Å². The molecule has 1 saturated heterocycles. The summed E-state index contributed by atoms with van der Waals surface area (Å²) in [6.07, 6.45) is 3.38. The van der Waals surface area contributed by atoms with E-state index in [-0.39, 0.29) is 24.0 Å². The fourth-order valence-electron chi connectivity index (χ4n) is 3.74. The molecule has 0 radical (unpaired) electrons. The average molecular weight is 543 g/mol. The molecule has 1 fully saturated rings. The molecule has 1 aromatic heterocycles. The SMILES string of the molecule is CCNC(=NCC1CCN(Cc2cccs2)CC1)NCCc1ccccc1OC.I. The average Bonchev–Trinajstić information content (AvgIpc) is 3.26.